The van der Waals surface area contributed by atoms with Crippen LogP contribution in [-0.4, -0.2) is 23.7 Å². The van der Waals surface area contributed by atoms with Crippen molar-refractivity contribution in [1.29, 1.82) is 0 Å². The lowest BCUT2D eigenvalue weighted by Crippen LogP contribution is -2.32. The van der Waals surface area contributed by atoms with E-state index in [-0.39, 0.29) is 17.8 Å². The summed E-state index contributed by atoms with van der Waals surface area (Å²) in [5.41, 5.74) is 5.83. The summed E-state index contributed by atoms with van der Waals surface area (Å²) >= 11 is 0. The number of hydrogen-bond acceptors (Lipinski definition) is 3. The molecule has 1 unspecified atom stereocenters. The number of hydrogen-bond donors (Lipinski definition) is 3. The molecular formula is C12H17FN2O2. The van der Waals surface area contributed by atoms with Gasteiger partial charge in [-0.3, -0.25) is 4.79 Å². The predicted octanol–water partition coefficient (Wildman–Crippen LogP) is 1.30. The second-order valence-corrected chi connectivity index (χ2v) is 3.88. The molecule has 0 aliphatic heterocycles. The maximum atomic E-state index is 12.8. The lowest BCUT2D eigenvalue weighted by Gasteiger charge is -2.11. The Morgan fingerprint density at radius 3 is 2.88 bits per heavy atom. The number of nitrogens with two attached hydrogens (primary N) is 1. The number of carbonyl (C=O) groups excluding carboxylic acids is 1. The summed E-state index contributed by atoms with van der Waals surface area (Å²) in [6.45, 7) is 2.12. The van der Waals surface area contributed by atoms with Crippen LogP contribution in [-0.2, 0) is 0 Å². The Balaban J connectivity index is 2.58. The van der Waals surface area contributed by atoms with Crippen LogP contribution in [0.2, 0.25) is 0 Å². The second-order valence-electron chi connectivity index (χ2n) is 3.88. The van der Waals surface area contributed by atoms with Gasteiger partial charge in [0, 0.05) is 12.2 Å². The lowest BCUT2D eigenvalue weighted by molar-refractivity contribution is 0.0911. The molecule has 1 aromatic rings. The van der Waals surface area contributed by atoms with E-state index >= 15 is 0 Å². The van der Waals surface area contributed by atoms with Crippen LogP contribution < -0.4 is 11.1 Å². The minimum Gasteiger partial charge on any atom is -0.398 e. The quantitative estimate of drug-likeness (QED) is 0.679. The van der Waals surface area contributed by atoms with Crippen molar-refractivity contribution >= 4 is 11.6 Å². The molecule has 1 aromatic carbocycles. The predicted molar refractivity (Wildman–Crippen MR) is 64.1 cm³/mol. The fourth-order valence-electron chi connectivity index (χ4n) is 1.48. The summed E-state index contributed by atoms with van der Waals surface area (Å²) < 4.78 is 12.8. The van der Waals surface area contributed by atoms with Gasteiger partial charge in [0.25, 0.3) is 5.91 Å². The number of aliphatic hydroxyl groups is 1. The topological polar surface area (TPSA) is 75.3 Å². The zero-order chi connectivity index (χ0) is 12.8. The second kappa shape index (κ2) is 6.20. The van der Waals surface area contributed by atoms with E-state index in [1.165, 1.54) is 12.1 Å². The average molecular weight is 240 g/mol. The van der Waals surface area contributed by atoms with Gasteiger partial charge in [-0.05, 0) is 24.6 Å². The Morgan fingerprint density at radius 1 is 1.59 bits per heavy atom. The van der Waals surface area contributed by atoms with Crippen molar-refractivity contribution in [3.05, 3.63) is 29.6 Å². The summed E-state index contributed by atoms with van der Waals surface area (Å²) in [4.78, 5) is 11.7. The number of benzene rings is 1. The van der Waals surface area contributed by atoms with Crippen molar-refractivity contribution in [2.24, 2.45) is 0 Å². The van der Waals surface area contributed by atoms with Gasteiger partial charge in [-0.25, -0.2) is 4.39 Å². The normalized spacial score (nSPS) is 12.2. The molecule has 94 valence electrons. The van der Waals surface area contributed by atoms with Crippen LogP contribution in [0.5, 0.6) is 0 Å². The van der Waals surface area contributed by atoms with E-state index < -0.39 is 17.8 Å². The largest absolute Gasteiger partial charge is 0.398 e. The highest BCUT2D eigenvalue weighted by atomic mass is 19.1. The third kappa shape index (κ3) is 4.03. The van der Waals surface area contributed by atoms with Gasteiger partial charge in [0.05, 0.1) is 11.7 Å². The van der Waals surface area contributed by atoms with E-state index in [2.05, 4.69) is 5.32 Å². The number of nitrogen functional groups attached to an aromatic ring is 1. The molecule has 0 spiro atoms. The molecule has 0 saturated carbocycles. The van der Waals surface area contributed by atoms with Crippen LogP contribution in [0.15, 0.2) is 18.2 Å². The van der Waals surface area contributed by atoms with Crippen LogP contribution in [0.25, 0.3) is 0 Å². The maximum Gasteiger partial charge on any atom is 0.253 e. The Bertz CT molecular complexity index is 396. The third-order valence-electron chi connectivity index (χ3n) is 2.38. The zero-order valence-corrected chi connectivity index (χ0v) is 9.74. The van der Waals surface area contributed by atoms with Gasteiger partial charge < -0.3 is 16.2 Å². The third-order valence-corrected chi connectivity index (χ3v) is 2.38. The first-order chi connectivity index (χ1) is 8.04. The number of aliphatic hydroxyl groups excluding tert-OH is 1. The summed E-state index contributed by atoms with van der Waals surface area (Å²) in [7, 11) is 0. The van der Waals surface area contributed by atoms with Gasteiger partial charge in [0.1, 0.15) is 5.82 Å². The molecule has 0 aromatic heterocycles. The molecule has 0 aliphatic rings. The molecule has 0 saturated heterocycles. The SMILES string of the molecule is CCCC(O)CNC(=O)c1ccc(F)cc1N. The molecule has 5 heteroatoms. The molecular weight excluding hydrogens is 223 g/mol. The lowest BCUT2D eigenvalue weighted by atomic mass is 10.1. The highest BCUT2D eigenvalue weighted by Crippen LogP contribution is 2.13. The Morgan fingerprint density at radius 2 is 2.29 bits per heavy atom. The van der Waals surface area contributed by atoms with Crippen LogP contribution in [0.1, 0.15) is 30.1 Å². The summed E-state index contributed by atoms with van der Waals surface area (Å²) in [6.07, 6.45) is 0.903. The van der Waals surface area contributed by atoms with Crippen molar-refractivity contribution in [3.63, 3.8) is 0 Å². The van der Waals surface area contributed by atoms with Crippen molar-refractivity contribution < 1.29 is 14.3 Å². The van der Waals surface area contributed by atoms with E-state index in [4.69, 9.17) is 5.73 Å². The van der Waals surface area contributed by atoms with E-state index in [1.54, 1.807) is 0 Å². The number of rotatable bonds is 5. The molecule has 0 heterocycles. The molecule has 4 nitrogen and oxygen atoms in total. The number of halogens is 1. The number of anilines is 1. The van der Waals surface area contributed by atoms with Gasteiger partial charge in [0.15, 0.2) is 0 Å². The Labute approximate surface area is 99.6 Å². The molecule has 1 atom stereocenters. The van der Waals surface area contributed by atoms with Crippen molar-refractivity contribution in [2.75, 3.05) is 12.3 Å². The number of amides is 1. The first kappa shape index (κ1) is 13.4. The van der Waals surface area contributed by atoms with Gasteiger partial charge in [0.2, 0.25) is 0 Å². The van der Waals surface area contributed by atoms with Crippen LogP contribution >= 0.6 is 0 Å². The average Bonchev–Trinajstić information content (AvgIpc) is 2.26. The van der Waals surface area contributed by atoms with Crippen molar-refractivity contribution in [1.82, 2.24) is 5.32 Å². The summed E-state index contributed by atoms with van der Waals surface area (Å²) in [5, 5.41) is 12.0. The molecule has 0 aliphatic carbocycles. The fourth-order valence-corrected chi connectivity index (χ4v) is 1.48. The van der Waals surface area contributed by atoms with Crippen molar-refractivity contribution in [3.8, 4) is 0 Å². The molecule has 17 heavy (non-hydrogen) atoms. The molecule has 4 N–H and O–H groups in total. The summed E-state index contributed by atoms with van der Waals surface area (Å²) in [5.74, 6) is -0.886. The van der Waals surface area contributed by atoms with Gasteiger partial charge in [-0.2, -0.15) is 0 Å². The van der Waals surface area contributed by atoms with Gasteiger partial charge in [-0.15, -0.1) is 0 Å². The highest BCUT2D eigenvalue weighted by molar-refractivity contribution is 5.99. The monoisotopic (exact) mass is 240 g/mol. The first-order valence-corrected chi connectivity index (χ1v) is 5.56. The minimum atomic E-state index is -0.564. The maximum absolute atomic E-state index is 12.8. The highest BCUT2D eigenvalue weighted by Gasteiger charge is 2.11. The van der Waals surface area contributed by atoms with Crippen LogP contribution in [0, 0.1) is 5.82 Å². The van der Waals surface area contributed by atoms with Crippen LogP contribution in [0.4, 0.5) is 10.1 Å². The van der Waals surface area contributed by atoms with Crippen molar-refractivity contribution in [2.45, 2.75) is 25.9 Å². The molecule has 0 radical (unpaired) electrons. The van der Waals surface area contributed by atoms with Gasteiger partial charge in [-0.1, -0.05) is 13.3 Å². The van der Waals surface area contributed by atoms with E-state index in [0.717, 1.165) is 12.5 Å². The fraction of sp³-hybridized carbons (Fsp3) is 0.417. The molecule has 0 bridgehead atoms. The van der Waals surface area contributed by atoms with Crippen LogP contribution in [0.3, 0.4) is 0 Å². The van der Waals surface area contributed by atoms with E-state index in [1.807, 2.05) is 6.92 Å². The van der Waals surface area contributed by atoms with E-state index in [9.17, 15) is 14.3 Å². The van der Waals surface area contributed by atoms with E-state index in [0.29, 0.717) is 6.42 Å². The smallest absolute Gasteiger partial charge is 0.253 e. The minimum absolute atomic E-state index is 0.0903. The number of carbonyl (C=O) groups is 1. The molecule has 1 amide bonds. The van der Waals surface area contributed by atoms with Gasteiger partial charge >= 0.3 is 0 Å². The molecule has 0 fully saturated rings. The molecule has 1 rings (SSSR count). The number of nitrogens with one attached hydrogen (secondary N) is 1. The zero-order valence-electron chi connectivity index (χ0n) is 9.74. The summed E-state index contributed by atoms with van der Waals surface area (Å²) in [6, 6.07) is 3.59. The Hall–Kier alpha value is -1.62. The first-order valence-electron chi connectivity index (χ1n) is 5.56. The Kier molecular flexibility index (Phi) is 4.90. The standard InChI is InChI=1S/C12H17FN2O2/c1-2-3-9(16)7-15-12(17)10-5-4-8(13)6-11(10)14/h4-6,9,16H,2-3,7,14H2,1H3,(H,15,17).